The van der Waals surface area contributed by atoms with Crippen molar-refractivity contribution in [2.24, 2.45) is 5.92 Å². The number of anilines is 1. The number of nitrogens with one attached hydrogen (secondary N) is 2. The quantitative estimate of drug-likeness (QED) is 0.812. The summed E-state index contributed by atoms with van der Waals surface area (Å²) in [6, 6.07) is 8.43. The van der Waals surface area contributed by atoms with Crippen LogP contribution in [0.15, 0.2) is 24.3 Å². The van der Waals surface area contributed by atoms with E-state index in [-0.39, 0.29) is 0 Å². The van der Waals surface area contributed by atoms with E-state index in [4.69, 9.17) is 4.74 Å². The third-order valence-electron chi connectivity index (χ3n) is 3.46. The highest BCUT2D eigenvalue weighted by molar-refractivity contribution is 5.50. The average Bonchev–Trinajstić information content (AvgIpc) is 2.45. The first-order chi connectivity index (χ1) is 8.90. The van der Waals surface area contributed by atoms with E-state index in [1.54, 1.807) is 0 Å². The monoisotopic (exact) mass is 248 g/mol. The molecule has 1 aliphatic heterocycles. The van der Waals surface area contributed by atoms with E-state index >= 15 is 0 Å². The Kier molecular flexibility index (Phi) is 5.49. The third kappa shape index (κ3) is 4.00. The van der Waals surface area contributed by atoms with E-state index in [0.717, 1.165) is 25.6 Å². The Hall–Kier alpha value is -1.06. The van der Waals surface area contributed by atoms with Gasteiger partial charge >= 0.3 is 0 Å². The average molecular weight is 248 g/mol. The Morgan fingerprint density at radius 3 is 3.06 bits per heavy atom. The van der Waals surface area contributed by atoms with Crippen molar-refractivity contribution in [1.29, 1.82) is 0 Å². The Morgan fingerprint density at radius 1 is 1.39 bits per heavy atom. The molecule has 1 saturated heterocycles. The highest BCUT2D eigenvalue weighted by Crippen LogP contribution is 2.18. The second kappa shape index (κ2) is 7.39. The molecule has 0 aromatic heterocycles. The molecule has 3 heteroatoms. The van der Waals surface area contributed by atoms with Crippen LogP contribution >= 0.6 is 0 Å². The molecule has 100 valence electrons. The summed E-state index contributed by atoms with van der Waals surface area (Å²) in [6.45, 7) is 6.86. The molecule has 1 atom stereocenters. The first kappa shape index (κ1) is 13.4. The largest absolute Gasteiger partial charge is 0.384 e. The highest BCUT2D eigenvalue weighted by atomic mass is 16.5. The standard InChI is InChI=1S/C15H24N2O/c1-2-18-12-14-7-3-4-8-15(14)17-11-13-6-5-9-16-10-13/h3-4,7-8,13,16-17H,2,5-6,9-12H2,1H3. The van der Waals surface area contributed by atoms with Gasteiger partial charge in [0, 0.05) is 24.4 Å². The van der Waals surface area contributed by atoms with Crippen molar-refractivity contribution in [2.75, 3.05) is 31.6 Å². The van der Waals surface area contributed by atoms with Crippen LogP contribution in [0.4, 0.5) is 5.69 Å². The molecule has 1 aliphatic rings. The maximum atomic E-state index is 5.50. The summed E-state index contributed by atoms with van der Waals surface area (Å²) in [6.07, 6.45) is 2.63. The van der Waals surface area contributed by atoms with E-state index in [2.05, 4.69) is 34.9 Å². The highest BCUT2D eigenvalue weighted by Gasteiger charge is 2.12. The number of benzene rings is 1. The summed E-state index contributed by atoms with van der Waals surface area (Å²) in [5.74, 6) is 0.749. The van der Waals surface area contributed by atoms with Crippen molar-refractivity contribution >= 4 is 5.69 Å². The van der Waals surface area contributed by atoms with Crippen LogP contribution < -0.4 is 10.6 Å². The molecular weight excluding hydrogens is 224 g/mol. The number of hydrogen-bond donors (Lipinski definition) is 2. The summed E-state index contributed by atoms with van der Waals surface area (Å²) in [4.78, 5) is 0. The first-order valence-electron chi connectivity index (χ1n) is 7.00. The number of hydrogen-bond acceptors (Lipinski definition) is 3. The Bertz CT molecular complexity index is 348. The van der Waals surface area contributed by atoms with Gasteiger partial charge in [0.05, 0.1) is 6.61 Å². The molecule has 0 amide bonds. The first-order valence-corrected chi connectivity index (χ1v) is 7.00. The lowest BCUT2D eigenvalue weighted by Gasteiger charge is -2.24. The van der Waals surface area contributed by atoms with Crippen LogP contribution in [0, 0.1) is 5.92 Å². The molecule has 2 rings (SSSR count). The van der Waals surface area contributed by atoms with E-state index in [1.807, 2.05) is 6.92 Å². The predicted octanol–water partition coefficient (Wildman–Crippen LogP) is 2.63. The van der Waals surface area contributed by atoms with Gasteiger partial charge in [0.2, 0.25) is 0 Å². The van der Waals surface area contributed by atoms with E-state index < -0.39 is 0 Å². The van der Waals surface area contributed by atoms with Crippen LogP contribution in [-0.4, -0.2) is 26.2 Å². The molecule has 1 fully saturated rings. The maximum Gasteiger partial charge on any atom is 0.0736 e. The van der Waals surface area contributed by atoms with Crippen LogP contribution in [0.25, 0.3) is 0 Å². The number of piperidine rings is 1. The summed E-state index contributed by atoms with van der Waals surface area (Å²) >= 11 is 0. The van der Waals surface area contributed by atoms with Crippen LogP contribution in [0.2, 0.25) is 0 Å². The second-order valence-corrected chi connectivity index (χ2v) is 4.89. The molecule has 1 unspecified atom stereocenters. The Morgan fingerprint density at radius 2 is 2.28 bits per heavy atom. The van der Waals surface area contributed by atoms with Gasteiger partial charge in [-0.25, -0.2) is 0 Å². The molecule has 18 heavy (non-hydrogen) atoms. The Labute approximate surface area is 110 Å². The molecule has 0 radical (unpaired) electrons. The van der Waals surface area contributed by atoms with Crippen molar-refractivity contribution in [1.82, 2.24) is 5.32 Å². The zero-order valence-corrected chi connectivity index (χ0v) is 11.2. The Balaban J connectivity index is 1.87. The zero-order chi connectivity index (χ0) is 12.6. The van der Waals surface area contributed by atoms with Crippen molar-refractivity contribution < 1.29 is 4.74 Å². The fraction of sp³-hybridized carbons (Fsp3) is 0.600. The molecule has 2 N–H and O–H groups in total. The lowest BCUT2D eigenvalue weighted by atomic mass is 9.99. The van der Waals surface area contributed by atoms with Gasteiger partial charge in [-0.3, -0.25) is 0 Å². The number of ether oxygens (including phenoxy) is 1. The zero-order valence-electron chi connectivity index (χ0n) is 11.2. The van der Waals surface area contributed by atoms with Crippen LogP contribution in [0.5, 0.6) is 0 Å². The molecule has 1 heterocycles. The minimum absolute atomic E-state index is 0.697. The maximum absolute atomic E-state index is 5.50. The molecule has 0 aliphatic carbocycles. The summed E-state index contributed by atoms with van der Waals surface area (Å²) in [5.41, 5.74) is 2.47. The fourth-order valence-corrected chi connectivity index (χ4v) is 2.38. The van der Waals surface area contributed by atoms with Crippen LogP contribution in [-0.2, 0) is 11.3 Å². The van der Waals surface area contributed by atoms with Crippen molar-refractivity contribution in [2.45, 2.75) is 26.4 Å². The minimum atomic E-state index is 0.697. The molecule has 0 bridgehead atoms. The summed E-state index contributed by atoms with van der Waals surface area (Å²) in [5, 5.41) is 7.03. The van der Waals surface area contributed by atoms with Crippen molar-refractivity contribution in [3.8, 4) is 0 Å². The number of para-hydroxylation sites is 1. The lowest BCUT2D eigenvalue weighted by molar-refractivity contribution is 0.134. The van der Waals surface area contributed by atoms with Crippen molar-refractivity contribution in [3.63, 3.8) is 0 Å². The second-order valence-electron chi connectivity index (χ2n) is 4.89. The SMILES string of the molecule is CCOCc1ccccc1NCC1CCCNC1. The van der Waals surface area contributed by atoms with E-state index in [9.17, 15) is 0 Å². The van der Waals surface area contributed by atoms with E-state index in [0.29, 0.717) is 6.61 Å². The molecular formula is C15H24N2O. The molecule has 1 aromatic carbocycles. The smallest absolute Gasteiger partial charge is 0.0736 e. The normalized spacial score (nSPS) is 19.7. The van der Waals surface area contributed by atoms with Gasteiger partial charge in [0.25, 0.3) is 0 Å². The van der Waals surface area contributed by atoms with Gasteiger partial charge in [-0.05, 0) is 44.8 Å². The molecule has 0 spiro atoms. The number of rotatable bonds is 6. The van der Waals surface area contributed by atoms with Crippen LogP contribution in [0.3, 0.4) is 0 Å². The molecule has 0 saturated carbocycles. The van der Waals surface area contributed by atoms with E-state index in [1.165, 1.54) is 30.6 Å². The molecule has 1 aromatic rings. The predicted molar refractivity (Wildman–Crippen MR) is 75.9 cm³/mol. The van der Waals surface area contributed by atoms with Crippen LogP contribution in [0.1, 0.15) is 25.3 Å². The third-order valence-corrected chi connectivity index (χ3v) is 3.46. The summed E-state index contributed by atoms with van der Waals surface area (Å²) in [7, 11) is 0. The van der Waals surface area contributed by atoms with Gasteiger partial charge in [0.1, 0.15) is 0 Å². The topological polar surface area (TPSA) is 33.3 Å². The van der Waals surface area contributed by atoms with Gasteiger partial charge in [-0.2, -0.15) is 0 Å². The van der Waals surface area contributed by atoms with Gasteiger partial charge in [0.15, 0.2) is 0 Å². The van der Waals surface area contributed by atoms with Gasteiger partial charge in [-0.15, -0.1) is 0 Å². The van der Waals surface area contributed by atoms with Gasteiger partial charge in [-0.1, -0.05) is 18.2 Å². The molecule has 3 nitrogen and oxygen atoms in total. The fourth-order valence-electron chi connectivity index (χ4n) is 2.38. The summed E-state index contributed by atoms with van der Waals surface area (Å²) < 4.78 is 5.50. The minimum Gasteiger partial charge on any atom is -0.384 e. The lowest BCUT2D eigenvalue weighted by Crippen LogP contribution is -2.33. The van der Waals surface area contributed by atoms with Gasteiger partial charge < -0.3 is 15.4 Å². The van der Waals surface area contributed by atoms with Crippen molar-refractivity contribution in [3.05, 3.63) is 29.8 Å².